The Morgan fingerprint density at radius 3 is 2.72 bits per heavy atom. The first-order chi connectivity index (χ1) is 8.88. The van der Waals surface area contributed by atoms with E-state index in [0.29, 0.717) is 0 Å². The molecule has 0 aromatic rings. The minimum Gasteiger partial charge on any atom is -0.289 e. The molecule has 18 heavy (non-hydrogen) atoms. The first-order valence-corrected chi connectivity index (χ1v) is 6.25. The fourth-order valence-electron chi connectivity index (χ4n) is 2.10. The maximum absolute atomic E-state index is 11.9. The summed E-state index contributed by atoms with van der Waals surface area (Å²) in [6.07, 6.45) is 9.56. The lowest BCUT2D eigenvalue weighted by Gasteiger charge is -2.06. The molecule has 0 saturated carbocycles. The van der Waals surface area contributed by atoms with E-state index in [0.717, 1.165) is 35.1 Å². The summed E-state index contributed by atoms with van der Waals surface area (Å²) in [5, 5.41) is 0. The molecule has 0 heterocycles. The molecule has 0 aliphatic heterocycles. The molecule has 1 heteroatoms. The van der Waals surface area contributed by atoms with E-state index >= 15 is 0 Å². The van der Waals surface area contributed by atoms with Gasteiger partial charge in [-0.1, -0.05) is 37.5 Å². The zero-order chi connectivity index (χ0) is 13.5. The van der Waals surface area contributed by atoms with E-state index in [2.05, 4.69) is 30.7 Å². The number of hydrogen-bond donors (Lipinski definition) is 0. The molecule has 3 rings (SSSR count). The van der Waals surface area contributed by atoms with Crippen molar-refractivity contribution in [1.29, 1.82) is 0 Å². The lowest BCUT2D eigenvalue weighted by molar-refractivity contribution is -0.111. The van der Waals surface area contributed by atoms with E-state index in [9.17, 15) is 4.79 Å². The first-order valence-electron chi connectivity index (χ1n) is 6.25. The molecule has 0 spiro atoms. The van der Waals surface area contributed by atoms with Gasteiger partial charge in [-0.3, -0.25) is 4.79 Å². The fraction of sp³-hybridized carbons (Fsp3) is 0.235. The Morgan fingerprint density at radius 1 is 1.28 bits per heavy atom. The Morgan fingerprint density at radius 2 is 2.00 bits per heavy atom. The molecule has 0 unspecified atom stereocenters. The number of allylic oxidation sites excluding steroid dienone is 8. The summed E-state index contributed by atoms with van der Waals surface area (Å²) in [4.78, 5) is 11.9. The highest BCUT2D eigenvalue weighted by atomic mass is 16.1. The zero-order valence-electron chi connectivity index (χ0n) is 11.0. The van der Waals surface area contributed by atoms with Crippen LogP contribution < -0.4 is 0 Å². The Hall–Kier alpha value is -2.07. The summed E-state index contributed by atoms with van der Waals surface area (Å²) < 4.78 is 0. The molecule has 0 aromatic heterocycles. The highest BCUT2D eigenvalue weighted by molar-refractivity contribution is 6.19. The van der Waals surface area contributed by atoms with Crippen LogP contribution in [0.1, 0.15) is 26.7 Å². The monoisotopic (exact) mass is 238 g/mol. The van der Waals surface area contributed by atoms with Crippen LogP contribution in [0.2, 0.25) is 0 Å². The first kappa shape index (κ1) is 14.0. The number of Topliss-reactive ketones (excluding diaryl/α,β-unsaturated/α-hetero) is 1. The second-order valence-electron chi connectivity index (χ2n) is 3.55. The van der Waals surface area contributed by atoms with E-state index in [4.69, 9.17) is 0 Å². The number of carbonyl (C=O) groups is 1. The van der Waals surface area contributed by atoms with Gasteiger partial charge in [0.25, 0.3) is 0 Å². The standard InChI is InChI=1S/C13H8O.C2H6.C2H4/c14-13-11-7-3-1-5-9(11)10-6-2-4-8-12(10)13;2*1-2/h3-4,7-8H,1,5H2;1-2H3;1-2H2. The minimum absolute atomic E-state index is 0.149. The second-order valence-corrected chi connectivity index (χ2v) is 3.55. The molecular weight excluding hydrogens is 220 g/mol. The third-order valence-corrected chi connectivity index (χ3v) is 2.76. The van der Waals surface area contributed by atoms with Gasteiger partial charge in [-0.05, 0) is 30.6 Å². The third-order valence-electron chi connectivity index (χ3n) is 2.76. The van der Waals surface area contributed by atoms with Crippen LogP contribution in [0.3, 0.4) is 0 Å². The van der Waals surface area contributed by atoms with Crippen LogP contribution in [0.25, 0.3) is 0 Å². The van der Waals surface area contributed by atoms with Crippen molar-refractivity contribution in [3.05, 3.63) is 71.2 Å². The number of fused-ring (bicyclic) bond motifs is 2. The number of ketones is 1. The molecule has 0 bridgehead atoms. The number of hydrogen-bond acceptors (Lipinski definition) is 1. The van der Waals surface area contributed by atoms with Crippen molar-refractivity contribution in [2.75, 3.05) is 0 Å². The van der Waals surface area contributed by atoms with Gasteiger partial charge in [-0.2, -0.15) is 0 Å². The van der Waals surface area contributed by atoms with Gasteiger partial charge in [0.15, 0.2) is 5.78 Å². The summed E-state index contributed by atoms with van der Waals surface area (Å²) >= 11 is 0. The van der Waals surface area contributed by atoms with Gasteiger partial charge in [0.2, 0.25) is 0 Å². The van der Waals surface area contributed by atoms with E-state index in [1.807, 2.05) is 26.0 Å². The smallest absolute Gasteiger partial charge is 0.194 e. The molecule has 0 atom stereocenters. The highest BCUT2D eigenvalue weighted by Gasteiger charge is 2.31. The van der Waals surface area contributed by atoms with Gasteiger partial charge in [0.05, 0.1) is 0 Å². The van der Waals surface area contributed by atoms with Gasteiger partial charge in [0.1, 0.15) is 0 Å². The van der Waals surface area contributed by atoms with Crippen molar-refractivity contribution in [1.82, 2.24) is 0 Å². The number of carbonyl (C=O) groups excluding carboxylic acids is 1. The average molecular weight is 238 g/mol. The van der Waals surface area contributed by atoms with Crippen molar-refractivity contribution >= 4 is 5.78 Å². The molecule has 0 radical (unpaired) electrons. The topological polar surface area (TPSA) is 17.1 Å². The van der Waals surface area contributed by atoms with Gasteiger partial charge >= 0.3 is 0 Å². The molecule has 3 aliphatic carbocycles. The highest BCUT2D eigenvalue weighted by Crippen LogP contribution is 2.38. The SMILES string of the molecule is C=C.CC.O=C1C2=CC=C=C=C2C2=C1C=CCC2. The van der Waals surface area contributed by atoms with E-state index in [-0.39, 0.29) is 5.78 Å². The molecule has 1 nitrogen and oxygen atoms in total. The quantitative estimate of drug-likeness (QED) is 0.456. The maximum atomic E-state index is 11.9. The van der Waals surface area contributed by atoms with Crippen LogP contribution in [0.4, 0.5) is 0 Å². The Labute approximate surface area is 109 Å². The van der Waals surface area contributed by atoms with Crippen molar-refractivity contribution in [3.8, 4) is 0 Å². The predicted molar refractivity (Wildman–Crippen MR) is 76.2 cm³/mol. The normalized spacial score (nSPS) is 17.8. The van der Waals surface area contributed by atoms with Crippen molar-refractivity contribution in [3.63, 3.8) is 0 Å². The Kier molecular flexibility index (Phi) is 5.14. The van der Waals surface area contributed by atoms with Crippen molar-refractivity contribution in [2.24, 2.45) is 0 Å². The summed E-state index contributed by atoms with van der Waals surface area (Å²) in [5.74, 6) is 0.149. The van der Waals surface area contributed by atoms with Gasteiger partial charge in [-0.25, -0.2) is 0 Å². The minimum atomic E-state index is 0.149. The molecule has 0 aromatic carbocycles. The largest absolute Gasteiger partial charge is 0.289 e. The maximum Gasteiger partial charge on any atom is 0.194 e. The zero-order valence-corrected chi connectivity index (χ0v) is 11.0. The van der Waals surface area contributed by atoms with Crippen LogP contribution in [-0.2, 0) is 4.79 Å². The third kappa shape index (κ3) is 2.28. The lowest BCUT2D eigenvalue weighted by Crippen LogP contribution is -1.98. The van der Waals surface area contributed by atoms with E-state index < -0.39 is 0 Å². The summed E-state index contributed by atoms with van der Waals surface area (Å²) in [5.41, 5.74) is 9.73. The summed E-state index contributed by atoms with van der Waals surface area (Å²) in [6.45, 7) is 10.0. The molecule has 0 saturated heterocycles. The lowest BCUT2D eigenvalue weighted by atomic mass is 9.97. The fourth-order valence-corrected chi connectivity index (χ4v) is 2.10. The molecule has 0 N–H and O–H groups in total. The predicted octanol–water partition coefficient (Wildman–Crippen LogP) is 4.22. The molecule has 0 amide bonds. The van der Waals surface area contributed by atoms with Gasteiger partial charge in [0, 0.05) is 16.7 Å². The summed E-state index contributed by atoms with van der Waals surface area (Å²) in [6, 6.07) is 0. The van der Waals surface area contributed by atoms with Crippen molar-refractivity contribution in [2.45, 2.75) is 26.7 Å². The van der Waals surface area contributed by atoms with Gasteiger partial charge in [-0.15, -0.1) is 13.2 Å². The Balaban J connectivity index is 0.000000371. The second kappa shape index (κ2) is 6.61. The summed E-state index contributed by atoms with van der Waals surface area (Å²) in [7, 11) is 0. The van der Waals surface area contributed by atoms with E-state index in [1.54, 1.807) is 6.08 Å². The molecule has 3 aliphatic rings. The average Bonchev–Trinajstić information content (AvgIpc) is 2.78. The van der Waals surface area contributed by atoms with Crippen LogP contribution in [0.15, 0.2) is 71.2 Å². The van der Waals surface area contributed by atoms with Crippen LogP contribution in [-0.4, -0.2) is 5.78 Å². The van der Waals surface area contributed by atoms with E-state index in [1.165, 1.54) is 0 Å². The van der Waals surface area contributed by atoms with Gasteiger partial charge < -0.3 is 0 Å². The number of rotatable bonds is 0. The van der Waals surface area contributed by atoms with Crippen LogP contribution >= 0.6 is 0 Å². The van der Waals surface area contributed by atoms with Crippen LogP contribution in [0.5, 0.6) is 0 Å². The Bertz CT molecular complexity index is 540. The molecule has 0 fully saturated rings. The van der Waals surface area contributed by atoms with Crippen LogP contribution in [0, 0.1) is 0 Å². The van der Waals surface area contributed by atoms with Crippen molar-refractivity contribution < 1.29 is 4.79 Å². The molecule has 92 valence electrons. The molecular formula is C17H18O.